The largest absolute Gasteiger partial charge is 0.497 e. The van der Waals surface area contributed by atoms with Crippen LogP contribution in [0, 0.1) is 17.3 Å². The molecule has 1 aromatic carbocycles. The molecule has 4 aliphatic rings. The van der Waals surface area contributed by atoms with Crippen molar-refractivity contribution in [1.82, 2.24) is 14.8 Å². The molecule has 0 spiro atoms. The van der Waals surface area contributed by atoms with E-state index in [0.717, 1.165) is 32.1 Å². The normalized spacial score (nSPS) is 32.2. The van der Waals surface area contributed by atoms with Crippen LogP contribution in [0.25, 0.3) is 0 Å². The van der Waals surface area contributed by atoms with Gasteiger partial charge < -0.3 is 14.8 Å². The Balaban J connectivity index is 1.47. The molecule has 6 rings (SSSR count). The summed E-state index contributed by atoms with van der Waals surface area (Å²) >= 11 is 3.38. The molecule has 2 aromatic rings. The topological polar surface area (TPSA) is 78.3 Å². The number of rotatable bonds is 5. The molecule has 1 amide bonds. The Kier molecular flexibility index (Phi) is 4.38. The monoisotopic (exact) mass is 460 g/mol. The van der Waals surface area contributed by atoms with Crippen molar-refractivity contribution in [2.75, 3.05) is 19.5 Å². The molecule has 4 atom stereocenters. The molecule has 7 nitrogen and oxygen atoms in total. The van der Waals surface area contributed by atoms with E-state index in [4.69, 9.17) is 9.47 Å². The highest BCUT2D eigenvalue weighted by atomic mass is 79.9. The number of amides is 1. The Morgan fingerprint density at radius 3 is 2.59 bits per heavy atom. The molecule has 1 N–H and O–H groups in total. The second kappa shape index (κ2) is 6.72. The molecule has 4 fully saturated rings. The second-order valence-corrected chi connectivity index (χ2v) is 9.65. The van der Waals surface area contributed by atoms with Gasteiger partial charge in [0.05, 0.1) is 30.9 Å². The number of carbonyl (C=O) groups is 1. The van der Waals surface area contributed by atoms with E-state index in [0.29, 0.717) is 33.8 Å². The van der Waals surface area contributed by atoms with Crippen LogP contribution in [0.3, 0.4) is 0 Å². The van der Waals surface area contributed by atoms with Gasteiger partial charge >= 0.3 is 0 Å². The third kappa shape index (κ3) is 3.03. The number of carbonyl (C=O) groups excluding carboxylic acids is 1. The molecule has 1 heterocycles. The number of nitrogens with zero attached hydrogens (tertiary/aromatic N) is 3. The van der Waals surface area contributed by atoms with Crippen LogP contribution in [-0.4, -0.2) is 34.9 Å². The number of aromatic nitrogens is 3. The zero-order chi connectivity index (χ0) is 20.2. The smallest absolute Gasteiger partial charge is 0.230 e. The summed E-state index contributed by atoms with van der Waals surface area (Å²) in [6.45, 7) is 0. The van der Waals surface area contributed by atoms with E-state index in [-0.39, 0.29) is 16.9 Å². The third-order valence-electron chi connectivity index (χ3n) is 7.12. The first kappa shape index (κ1) is 18.9. The molecule has 0 saturated heterocycles. The fourth-order valence-electron chi connectivity index (χ4n) is 6.39. The highest BCUT2D eigenvalue weighted by Gasteiger charge is 2.61. The summed E-state index contributed by atoms with van der Waals surface area (Å²) in [6.07, 6.45) is 7.88. The predicted octanol–water partition coefficient (Wildman–Crippen LogP) is 3.99. The predicted molar refractivity (Wildman–Crippen MR) is 111 cm³/mol. The minimum atomic E-state index is -0.378. The zero-order valence-corrected chi connectivity index (χ0v) is 18.2. The Morgan fingerprint density at radius 2 is 1.97 bits per heavy atom. The van der Waals surface area contributed by atoms with Gasteiger partial charge in [0.1, 0.15) is 17.8 Å². The van der Waals surface area contributed by atoms with Crippen LogP contribution in [0.1, 0.15) is 38.5 Å². The van der Waals surface area contributed by atoms with Crippen molar-refractivity contribution in [2.45, 2.75) is 44.1 Å². The number of anilines is 1. The maximum absolute atomic E-state index is 13.7. The van der Waals surface area contributed by atoms with Gasteiger partial charge in [-0.25, -0.2) is 9.67 Å². The fourth-order valence-corrected chi connectivity index (χ4v) is 6.65. The first-order chi connectivity index (χ1) is 13.9. The maximum atomic E-state index is 13.7. The van der Waals surface area contributed by atoms with Crippen LogP contribution in [0.15, 0.2) is 29.3 Å². The first-order valence-electron chi connectivity index (χ1n) is 10.1. The summed E-state index contributed by atoms with van der Waals surface area (Å²) in [6, 6.07) is 5.47. The molecule has 4 saturated carbocycles. The number of nitrogens with one attached hydrogen (secondary N) is 1. The molecule has 0 aliphatic heterocycles. The van der Waals surface area contributed by atoms with Crippen LogP contribution >= 0.6 is 15.9 Å². The summed E-state index contributed by atoms with van der Waals surface area (Å²) in [7, 11) is 3.23. The minimum absolute atomic E-state index is 0.0849. The lowest BCUT2D eigenvalue weighted by molar-refractivity contribution is -0.150. The lowest BCUT2D eigenvalue weighted by Gasteiger charge is -2.60. The molecule has 1 aromatic heterocycles. The number of hydrogen-bond donors (Lipinski definition) is 1. The van der Waals surface area contributed by atoms with E-state index in [1.165, 1.54) is 6.42 Å². The number of benzene rings is 1. The molecular formula is C21H25BrN4O3. The highest BCUT2D eigenvalue weighted by Crippen LogP contribution is 2.64. The van der Waals surface area contributed by atoms with Gasteiger partial charge in [0.15, 0.2) is 0 Å². The number of methoxy groups -OCH3 is 2. The molecule has 29 heavy (non-hydrogen) atoms. The Morgan fingerprint density at radius 1 is 1.21 bits per heavy atom. The molecule has 154 valence electrons. The number of hydrogen-bond acceptors (Lipinski definition) is 5. The standard InChI is InChI=1S/C21H25BrN4O3/c1-28-15-3-4-17(29-2)16(6-15)24-18(27)20-7-13-5-14(8-20)10-21(9-13,11-20)26-12-23-19(22)25-26/h3-4,6,12-14H,5,7-11H2,1-2H3,(H,24,27)/t13-,14+,20?,21?. The summed E-state index contributed by atoms with van der Waals surface area (Å²) in [5.74, 6) is 2.52. The van der Waals surface area contributed by atoms with E-state index in [9.17, 15) is 4.79 Å². The maximum Gasteiger partial charge on any atom is 0.230 e. The van der Waals surface area contributed by atoms with E-state index in [1.54, 1.807) is 14.2 Å². The molecule has 4 aliphatic carbocycles. The van der Waals surface area contributed by atoms with Gasteiger partial charge in [-0.1, -0.05) is 0 Å². The highest BCUT2D eigenvalue weighted by molar-refractivity contribution is 9.10. The van der Waals surface area contributed by atoms with Crippen molar-refractivity contribution in [3.8, 4) is 11.5 Å². The van der Waals surface area contributed by atoms with Crippen molar-refractivity contribution in [1.29, 1.82) is 0 Å². The molecular weight excluding hydrogens is 436 g/mol. The molecule has 4 bridgehead atoms. The molecule has 0 radical (unpaired) electrons. The Labute approximate surface area is 178 Å². The molecule has 2 unspecified atom stereocenters. The average molecular weight is 461 g/mol. The van der Waals surface area contributed by atoms with Crippen molar-refractivity contribution in [3.05, 3.63) is 29.3 Å². The van der Waals surface area contributed by atoms with Gasteiger partial charge in [0, 0.05) is 6.07 Å². The quantitative estimate of drug-likeness (QED) is 0.729. The lowest BCUT2D eigenvalue weighted by atomic mass is 9.46. The lowest BCUT2D eigenvalue weighted by Crippen LogP contribution is -2.60. The van der Waals surface area contributed by atoms with Crippen LogP contribution in [0.5, 0.6) is 11.5 Å². The Bertz CT molecular complexity index is 945. The zero-order valence-electron chi connectivity index (χ0n) is 16.7. The van der Waals surface area contributed by atoms with Crippen molar-refractivity contribution in [3.63, 3.8) is 0 Å². The first-order valence-corrected chi connectivity index (χ1v) is 10.9. The van der Waals surface area contributed by atoms with Crippen LogP contribution in [0.4, 0.5) is 5.69 Å². The minimum Gasteiger partial charge on any atom is -0.497 e. The second-order valence-electron chi connectivity index (χ2n) is 8.94. The van der Waals surface area contributed by atoms with E-state index < -0.39 is 0 Å². The third-order valence-corrected chi connectivity index (χ3v) is 7.48. The van der Waals surface area contributed by atoms with Gasteiger partial charge in [-0.2, -0.15) is 0 Å². The van der Waals surface area contributed by atoms with Gasteiger partial charge in [0.25, 0.3) is 0 Å². The molecule has 8 heteroatoms. The van der Waals surface area contributed by atoms with Crippen molar-refractivity contribution in [2.24, 2.45) is 17.3 Å². The fraction of sp³-hybridized carbons (Fsp3) is 0.571. The van der Waals surface area contributed by atoms with Crippen LogP contribution in [-0.2, 0) is 10.3 Å². The van der Waals surface area contributed by atoms with Gasteiger partial charge in [-0.3, -0.25) is 4.79 Å². The number of halogens is 1. The SMILES string of the molecule is COc1ccc(OC)c(NC(=O)C23C[C@H]4C[C@@H](C2)CC(n2cnc(Br)n2)(C4)C3)c1. The van der Waals surface area contributed by atoms with E-state index in [2.05, 4.69) is 31.3 Å². The van der Waals surface area contributed by atoms with Crippen LogP contribution < -0.4 is 14.8 Å². The number of ether oxygens (including phenoxy) is 2. The van der Waals surface area contributed by atoms with Crippen LogP contribution in [0.2, 0.25) is 0 Å². The van der Waals surface area contributed by atoms with E-state index in [1.807, 2.05) is 29.2 Å². The van der Waals surface area contributed by atoms with Gasteiger partial charge in [-0.05, 0) is 78.4 Å². The Hall–Kier alpha value is -2.09. The van der Waals surface area contributed by atoms with Crippen molar-refractivity contribution >= 4 is 27.5 Å². The van der Waals surface area contributed by atoms with Crippen molar-refractivity contribution < 1.29 is 14.3 Å². The van der Waals surface area contributed by atoms with Gasteiger partial charge in [0.2, 0.25) is 10.6 Å². The summed E-state index contributed by atoms with van der Waals surface area (Å²) < 4.78 is 13.4. The summed E-state index contributed by atoms with van der Waals surface area (Å²) in [5, 5.41) is 7.75. The summed E-state index contributed by atoms with van der Waals surface area (Å²) in [4.78, 5) is 17.9. The average Bonchev–Trinajstić information content (AvgIpc) is 3.14. The summed E-state index contributed by atoms with van der Waals surface area (Å²) in [5.41, 5.74) is 0.167. The van der Waals surface area contributed by atoms with Gasteiger partial charge in [-0.15, -0.1) is 5.10 Å². The van der Waals surface area contributed by atoms with E-state index >= 15 is 0 Å².